The normalized spacial score (nSPS) is 13.6. The summed E-state index contributed by atoms with van der Waals surface area (Å²) in [7, 11) is 0. The summed E-state index contributed by atoms with van der Waals surface area (Å²) in [5.41, 5.74) is 3.25. The highest BCUT2D eigenvalue weighted by atomic mass is 32.1. The molecule has 0 saturated carbocycles. The molecule has 0 unspecified atom stereocenters. The first-order chi connectivity index (χ1) is 9.88. The molecule has 0 saturated heterocycles. The van der Waals surface area contributed by atoms with Gasteiger partial charge in [-0.1, -0.05) is 30.3 Å². The minimum absolute atomic E-state index is 0.580. The van der Waals surface area contributed by atoms with Crippen molar-refractivity contribution in [3.8, 4) is 6.19 Å². The molecule has 4 heteroatoms. The van der Waals surface area contributed by atoms with Gasteiger partial charge in [-0.2, -0.15) is 5.26 Å². The molecule has 2 heterocycles. The number of hydrogen-bond acceptors (Lipinski definition) is 4. The van der Waals surface area contributed by atoms with Gasteiger partial charge >= 0.3 is 0 Å². The Kier molecular flexibility index (Phi) is 2.41. The Morgan fingerprint density at radius 1 is 0.950 bits per heavy atom. The van der Waals surface area contributed by atoms with Gasteiger partial charge in [0.25, 0.3) is 0 Å². The predicted molar refractivity (Wildman–Crippen MR) is 83.4 cm³/mol. The maximum absolute atomic E-state index is 9.29. The first-order valence-electron chi connectivity index (χ1n) is 6.38. The zero-order valence-electron chi connectivity index (χ0n) is 10.7. The van der Waals surface area contributed by atoms with Crippen LogP contribution < -0.4 is 9.80 Å². The number of nitriles is 1. The van der Waals surface area contributed by atoms with Crippen molar-refractivity contribution in [2.45, 2.75) is 0 Å². The molecule has 0 N–H and O–H groups in total. The van der Waals surface area contributed by atoms with Crippen LogP contribution >= 0.6 is 11.3 Å². The summed E-state index contributed by atoms with van der Waals surface area (Å²) >= 11 is 1.74. The molecule has 0 bridgehead atoms. The van der Waals surface area contributed by atoms with E-state index in [4.69, 9.17) is 0 Å². The molecule has 1 aliphatic rings. The second-order valence-electron chi connectivity index (χ2n) is 4.70. The van der Waals surface area contributed by atoms with Gasteiger partial charge in [-0.25, -0.2) is 0 Å². The predicted octanol–water partition coefficient (Wildman–Crippen LogP) is 4.30. The lowest BCUT2D eigenvalue weighted by Gasteiger charge is -2.17. The lowest BCUT2D eigenvalue weighted by molar-refractivity contribution is 0.998. The van der Waals surface area contributed by atoms with Gasteiger partial charge in [0.05, 0.1) is 17.1 Å². The molecule has 20 heavy (non-hydrogen) atoms. The van der Waals surface area contributed by atoms with E-state index >= 15 is 0 Å². The molecular formula is C16H11N3S. The third-order valence-corrected chi connectivity index (χ3v) is 4.57. The van der Waals surface area contributed by atoms with Crippen molar-refractivity contribution in [2.24, 2.45) is 0 Å². The van der Waals surface area contributed by atoms with Crippen LogP contribution in [0.2, 0.25) is 0 Å². The van der Waals surface area contributed by atoms with Gasteiger partial charge in [0.2, 0.25) is 0 Å². The van der Waals surface area contributed by atoms with Crippen LogP contribution in [0.15, 0.2) is 53.9 Å². The number of rotatable bonds is 1. The van der Waals surface area contributed by atoms with E-state index in [1.54, 1.807) is 16.2 Å². The van der Waals surface area contributed by atoms with Gasteiger partial charge in [0.15, 0.2) is 6.19 Å². The molecule has 1 aromatic heterocycles. The molecule has 0 fully saturated rings. The second-order valence-corrected chi connectivity index (χ2v) is 5.61. The summed E-state index contributed by atoms with van der Waals surface area (Å²) < 4.78 is 1.27. The van der Waals surface area contributed by atoms with Crippen LogP contribution in [0.5, 0.6) is 0 Å². The van der Waals surface area contributed by atoms with Crippen LogP contribution in [-0.4, -0.2) is 6.67 Å². The number of hydrogen-bond donors (Lipinski definition) is 0. The minimum atomic E-state index is 0.580. The Bertz CT molecular complexity index is 831. The lowest BCUT2D eigenvalue weighted by Crippen LogP contribution is -2.23. The summed E-state index contributed by atoms with van der Waals surface area (Å²) in [6.45, 7) is 0.580. The first-order valence-corrected chi connectivity index (χ1v) is 7.26. The molecule has 0 spiro atoms. The highest BCUT2D eigenvalue weighted by Gasteiger charge is 2.27. The zero-order valence-corrected chi connectivity index (χ0v) is 11.5. The number of nitrogens with zero attached hydrogens (tertiary/aromatic N) is 3. The van der Waals surface area contributed by atoms with E-state index < -0.39 is 0 Å². The topological polar surface area (TPSA) is 30.3 Å². The first kappa shape index (κ1) is 11.3. The fourth-order valence-electron chi connectivity index (χ4n) is 2.68. The largest absolute Gasteiger partial charge is 0.319 e. The fraction of sp³-hybridized carbons (Fsp3) is 0.0625. The third-order valence-electron chi connectivity index (χ3n) is 3.62. The van der Waals surface area contributed by atoms with Crippen LogP contribution in [0, 0.1) is 11.5 Å². The number of fused-ring (bicyclic) bond motifs is 2. The molecular weight excluding hydrogens is 266 g/mol. The zero-order chi connectivity index (χ0) is 13.5. The number of thiophene rings is 1. The van der Waals surface area contributed by atoms with Gasteiger partial charge in [-0.3, -0.25) is 4.90 Å². The van der Waals surface area contributed by atoms with E-state index in [9.17, 15) is 5.26 Å². The van der Waals surface area contributed by atoms with Gasteiger partial charge in [-0.05, 0) is 18.2 Å². The molecule has 4 rings (SSSR count). The molecule has 1 aliphatic heterocycles. The molecule has 0 aliphatic carbocycles. The highest BCUT2D eigenvalue weighted by molar-refractivity contribution is 7.17. The van der Waals surface area contributed by atoms with E-state index in [0.717, 1.165) is 11.4 Å². The lowest BCUT2D eigenvalue weighted by atomic mass is 10.2. The van der Waals surface area contributed by atoms with Gasteiger partial charge < -0.3 is 4.90 Å². The quantitative estimate of drug-likeness (QED) is 0.621. The van der Waals surface area contributed by atoms with E-state index in [1.807, 2.05) is 18.2 Å². The molecule has 3 aromatic rings. The SMILES string of the molecule is N#CN1CN(c2csc3ccccc23)c2ccccc21. The van der Waals surface area contributed by atoms with Crippen molar-refractivity contribution in [3.63, 3.8) is 0 Å². The Hall–Kier alpha value is -2.51. The van der Waals surface area contributed by atoms with Crippen molar-refractivity contribution < 1.29 is 0 Å². The van der Waals surface area contributed by atoms with Gasteiger partial charge in [0, 0.05) is 15.5 Å². The van der Waals surface area contributed by atoms with Crippen LogP contribution in [0.4, 0.5) is 17.1 Å². The average molecular weight is 277 g/mol. The minimum Gasteiger partial charge on any atom is -0.319 e. The Labute approximate surface area is 120 Å². The molecule has 96 valence electrons. The smallest absolute Gasteiger partial charge is 0.186 e. The summed E-state index contributed by atoms with van der Waals surface area (Å²) in [5, 5.41) is 12.7. The van der Waals surface area contributed by atoms with E-state index in [2.05, 4.69) is 46.8 Å². The maximum Gasteiger partial charge on any atom is 0.186 e. The Balaban J connectivity index is 1.90. The molecule has 2 aromatic carbocycles. The van der Waals surface area contributed by atoms with E-state index in [1.165, 1.54) is 15.8 Å². The van der Waals surface area contributed by atoms with E-state index in [0.29, 0.717) is 6.67 Å². The summed E-state index contributed by atoms with van der Waals surface area (Å²) in [4.78, 5) is 3.93. The van der Waals surface area contributed by atoms with Gasteiger partial charge in [-0.15, -0.1) is 11.3 Å². The summed E-state index contributed by atoms with van der Waals surface area (Å²) in [5.74, 6) is 0. The van der Waals surface area contributed by atoms with Crippen molar-refractivity contribution in [1.82, 2.24) is 0 Å². The number of para-hydroxylation sites is 2. The average Bonchev–Trinajstić information content (AvgIpc) is 3.08. The van der Waals surface area contributed by atoms with E-state index in [-0.39, 0.29) is 0 Å². The van der Waals surface area contributed by atoms with Crippen LogP contribution in [0.3, 0.4) is 0 Å². The van der Waals surface area contributed by atoms with Crippen molar-refractivity contribution >= 4 is 38.5 Å². The number of anilines is 3. The highest BCUT2D eigenvalue weighted by Crippen LogP contribution is 2.44. The van der Waals surface area contributed by atoms with Crippen LogP contribution in [0.1, 0.15) is 0 Å². The maximum atomic E-state index is 9.29. The summed E-state index contributed by atoms with van der Waals surface area (Å²) in [6, 6.07) is 16.4. The molecule has 3 nitrogen and oxygen atoms in total. The third kappa shape index (κ3) is 1.50. The monoisotopic (exact) mass is 277 g/mol. The van der Waals surface area contributed by atoms with Crippen molar-refractivity contribution in [3.05, 3.63) is 53.9 Å². The van der Waals surface area contributed by atoms with Crippen molar-refractivity contribution in [1.29, 1.82) is 5.26 Å². The molecule has 0 radical (unpaired) electrons. The standard InChI is InChI=1S/C16H11N3S/c17-10-18-11-19(14-7-3-2-6-13(14)18)15-9-20-16-8-4-1-5-12(15)16/h1-9H,11H2. The van der Waals surface area contributed by atoms with Crippen molar-refractivity contribution in [2.75, 3.05) is 16.5 Å². The van der Waals surface area contributed by atoms with Crippen LogP contribution in [-0.2, 0) is 0 Å². The molecule has 0 atom stereocenters. The second kappa shape index (κ2) is 4.26. The number of benzene rings is 2. The fourth-order valence-corrected chi connectivity index (χ4v) is 3.63. The van der Waals surface area contributed by atoms with Crippen LogP contribution in [0.25, 0.3) is 10.1 Å². The Morgan fingerprint density at radius 2 is 1.70 bits per heavy atom. The molecule has 0 amide bonds. The Morgan fingerprint density at radius 3 is 2.55 bits per heavy atom. The van der Waals surface area contributed by atoms with Gasteiger partial charge in [0.1, 0.15) is 6.67 Å². The summed E-state index contributed by atoms with van der Waals surface area (Å²) in [6.07, 6.45) is 2.26.